The van der Waals surface area contributed by atoms with Gasteiger partial charge in [0.05, 0.1) is 18.6 Å². The lowest BCUT2D eigenvalue weighted by molar-refractivity contribution is 0.340. The maximum atomic E-state index is 13.7. The first kappa shape index (κ1) is 11.7. The third-order valence-corrected chi connectivity index (χ3v) is 2.54. The topological polar surface area (TPSA) is 37.9 Å². The van der Waals surface area contributed by atoms with E-state index >= 15 is 0 Å². The maximum absolute atomic E-state index is 13.7. The van der Waals surface area contributed by atoms with E-state index in [1.807, 2.05) is 6.92 Å². The molecule has 2 aromatic rings. The molecule has 5 heteroatoms. The van der Waals surface area contributed by atoms with Gasteiger partial charge in [-0.3, -0.25) is 0 Å². The fraction of sp³-hybridized carbons (Fsp3) is 0.167. The van der Waals surface area contributed by atoms with Crippen LogP contribution in [0.3, 0.4) is 0 Å². The molecule has 88 valence electrons. The summed E-state index contributed by atoms with van der Waals surface area (Å²) in [4.78, 5) is 6.42. The SMILES string of the molecule is CCOc1ccc(-c2[nH]cnc(=S)c2F)cc1. The summed E-state index contributed by atoms with van der Waals surface area (Å²) in [5.74, 6) is 0.246. The molecule has 1 aromatic heterocycles. The molecule has 0 unspecified atom stereocenters. The van der Waals surface area contributed by atoms with Crippen molar-refractivity contribution in [2.75, 3.05) is 6.61 Å². The molecule has 17 heavy (non-hydrogen) atoms. The lowest BCUT2D eigenvalue weighted by Gasteiger charge is -2.05. The van der Waals surface area contributed by atoms with Crippen LogP contribution in [0, 0.1) is 10.5 Å². The summed E-state index contributed by atoms with van der Waals surface area (Å²) >= 11 is 4.78. The van der Waals surface area contributed by atoms with E-state index in [0.29, 0.717) is 17.9 Å². The highest BCUT2D eigenvalue weighted by Crippen LogP contribution is 2.22. The van der Waals surface area contributed by atoms with E-state index in [0.717, 1.165) is 5.75 Å². The fourth-order valence-corrected chi connectivity index (χ4v) is 1.63. The van der Waals surface area contributed by atoms with Crippen molar-refractivity contribution in [3.8, 4) is 17.0 Å². The molecule has 1 aromatic carbocycles. The smallest absolute Gasteiger partial charge is 0.183 e. The van der Waals surface area contributed by atoms with Crippen molar-refractivity contribution in [2.24, 2.45) is 0 Å². The van der Waals surface area contributed by atoms with Crippen molar-refractivity contribution in [2.45, 2.75) is 6.92 Å². The zero-order valence-electron chi connectivity index (χ0n) is 9.24. The van der Waals surface area contributed by atoms with Crippen LogP contribution in [0.5, 0.6) is 5.75 Å². The molecule has 0 saturated carbocycles. The van der Waals surface area contributed by atoms with Crippen molar-refractivity contribution < 1.29 is 9.13 Å². The second kappa shape index (κ2) is 5.05. The number of ether oxygens (including phenoxy) is 1. The van der Waals surface area contributed by atoms with E-state index in [9.17, 15) is 4.39 Å². The van der Waals surface area contributed by atoms with Gasteiger partial charge in [-0.2, -0.15) is 0 Å². The predicted octanol–water partition coefficient (Wildman–Crippen LogP) is 3.34. The van der Waals surface area contributed by atoms with Crippen LogP contribution >= 0.6 is 12.2 Å². The van der Waals surface area contributed by atoms with Crippen LogP contribution in [0.25, 0.3) is 11.3 Å². The number of nitrogens with zero attached hydrogens (tertiary/aromatic N) is 1. The van der Waals surface area contributed by atoms with Gasteiger partial charge in [0.15, 0.2) is 10.5 Å². The minimum absolute atomic E-state index is 0.0346. The Kier molecular flexibility index (Phi) is 3.49. The summed E-state index contributed by atoms with van der Waals surface area (Å²) in [6, 6.07) is 7.12. The Morgan fingerprint density at radius 2 is 2.06 bits per heavy atom. The van der Waals surface area contributed by atoms with Crippen molar-refractivity contribution in [1.29, 1.82) is 0 Å². The molecule has 0 fully saturated rings. The van der Waals surface area contributed by atoms with Crippen LogP contribution < -0.4 is 4.74 Å². The van der Waals surface area contributed by atoms with Crippen LogP contribution in [0.15, 0.2) is 30.6 Å². The first-order valence-electron chi connectivity index (χ1n) is 5.18. The van der Waals surface area contributed by atoms with Gasteiger partial charge >= 0.3 is 0 Å². The Morgan fingerprint density at radius 1 is 1.35 bits per heavy atom. The molecule has 0 bridgehead atoms. The number of aromatic amines is 1. The molecule has 1 heterocycles. The van der Waals surface area contributed by atoms with Gasteiger partial charge in [0, 0.05) is 5.56 Å². The average molecular weight is 250 g/mol. The average Bonchev–Trinajstić information content (AvgIpc) is 2.34. The van der Waals surface area contributed by atoms with Gasteiger partial charge in [0.2, 0.25) is 0 Å². The van der Waals surface area contributed by atoms with Crippen molar-refractivity contribution in [3.05, 3.63) is 41.1 Å². The van der Waals surface area contributed by atoms with E-state index in [1.165, 1.54) is 6.33 Å². The van der Waals surface area contributed by atoms with E-state index in [-0.39, 0.29) is 4.64 Å². The molecular formula is C12H11FN2OS. The van der Waals surface area contributed by atoms with Gasteiger partial charge in [-0.1, -0.05) is 12.2 Å². The Bertz CT molecular complexity index is 565. The molecule has 1 N–H and O–H groups in total. The summed E-state index contributed by atoms with van der Waals surface area (Å²) in [5, 5.41) is 0. The molecule has 0 aliphatic rings. The number of H-pyrrole nitrogens is 1. The highest BCUT2D eigenvalue weighted by molar-refractivity contribution is 7.71. The Labute approximate surface area is 103 Å². The number of benzene rings is 1. The number of halogens is 1. The quantitative estimate of drug-likeness (QED) is 0.849. The minimum atomic E-state index is -0.508. The largest absolute Gasteiger partial charge is 0.494 e. The molecule has 0 spiro atoms. The van der Waals surface area contributed by atoms with Crippen LogP contribution in [0.4, 0.5) is 4.39 Å². The van der Waals surface area contributed by atoms with Crippen LogP contribution in [0.1, 0.15) is 6.92 Å². The van der Waals surface area contributed by atoms with E-state index in [1.54, 1.807) is 24.3 Å². The fourth-order valence-electron chi connectivity index (χ4n) is 1.48. The van der Waals surface area contributed by atoms with Crippen LogP contribution in [-0.4, -0.2) is 16.6 Å². The monoisotopic (exact) mass is 250 g/mol. The van der Waals surface area contributed by atoms with Gasteiger partial charge in [-0.05, 0) is 31.2 Å². The van der Waals surface area contributed by atoms with Gasteiger partial charge in [-0.25, -0.2) is 9.37 Å². The lowest BCUT2D eigenvalue weighted by Crippen LogP contribution is -1.94. The number of hydrogen-bond donors (Lipinski definition) is 1. The van der Waals surface area contributed by atoms with E-state index in [4.69, 9.17) is 17.0 Å². The first-order chi connectivity index (χ1) is 8.22. The molecule has 0 saturated heterocycles. The maximum Gasteiger partial charge on any atom is 0.183 e. The summed E-state index contributed by atoms with van der Waals surface area (Å²) in [7, 11) is 0. The lowest BCUT2D eigenvalue weighted by atomic mass is 10.1. The predicted molar refractivity (Wildman–Crippen MR) is 66.0 cm³/mol. The third kappa shape index (κ3) is 2.50. The molecule has 3 nitrogen and oxygen atoms in total. The summed E-state index contributed by atoms with van der Waals surface area (Å²) in [5.41, 5.74) is 1.05. The van der Waals surface area contributed by atoms with E-state index in [2.05, 4.69) is 9.97 Å². The highest BCUT2D eigenvalue weighted by Gasteiger charge is 2.07. The summed E-state index contributed by atoms with van der Waals surface area (Å²) in [6.07, 6.45) is 1.39. The molecular weight excluding hydrogens is 239 g/mol. The molecule has 0 radical (unpaired) electrons. The summed E-state index contributed by atoms with van der Waals surface area (Å²) in [6.45, 7) is 2.51. The van der Waals surface area contributed by atoms with Crippen LogP contribution in [0.2, 0.25) is 0 Å². The van der Waals surface area contributed by atoms with Gasteiger partial charge in [0.25, 0.3) is 0 Å². The van der Waals surface area contributed by atoms with Gasteiger partial charge in [0.1, 0.15) is 5.75 Å². The molecule has 2 rings (SSSR count). The van der Waals surface area contributed by atoms with Crippen molar-refractivity contribution in [3.63, 3.8) is 0 Å². The second-order valence-electron chi connectivity index (χ2n) is 3.35. The Morgan fingerprint density at radius 3 is 2.71 bits per heavy atom. The highest BCUT2D eigenvalue weighted by atomic mass is 32.1. The Hall–Kier alpha value is -1.75. The molecule has 0 atom stereocenters. The van der Waals surface area contributed by atoms with Crippen molar-refractivity contribution in [1.82, 2.24) is 9.97 Å². The second-order valence-corrected chi connectivity index (χ2v) is 3.74. The zero-order chi connectivity index (χ0) is 12.3. The number of hydrogen-bond acceptors (Lipinski definition) is 3. The third-order valence-electron chi connectivity index (χ3n) is 2.25. The van der Waals surface area contributed by atoms with Crippen molar-refractivity contribution >= 4 is 12.2 Å². The molecule has 0 amide bonds. The van der Waals surface area contributed by atoms with Crippen LogP contribution in [-0.2, 0) is 0 Å². The minimum Gasteiger partial charge on any atom is -0.494 e. The molecule has 0 aliphatic heterocycles. The number of nitrogens with one attached hydrogen (secondary N) is 1. The van der Waals surface area contributed by atoms with Gasteiger partial charge in [-0.15, -0.1) is 0 Å². The van der Waals surface area contributed by atoms with E-state index < -0.39 is 5.82 Å². The number of rotatable bonds is 3. The summed E-state index contributed by atoms with van der Waals surface area (Å²) < 4.78 is 19.0. The van der Waals surface area contributed by atoms with Gasteiger partial charge < -0.3 is 9.72 Å². The Balaban J connectivity index is 2.40. The molecule has 0 aliphatic carbocycles. The first-order valence-corrected chi connectivity index (χ1v) is 5.59. The number of aromatic nitrogens is 2. The standard InChI is InChI=1S/C12H11FN2OS/c1-2-16-9-5-3-8(4-6-9)11-10(13)12(17)15-7-14-11/h3-7H,2H2,1H3,(H,14,15,17). The zero-order valence-corrected chi connectivity index (χ0v) is 10.1. The normalized spacial score (nSPS) is 10.2.